The third kappa shape index (κ3) is 5.08. The number of para-hydroxylation sites is 2. The van der Waals surface area contributed by atoms with E-state index in [9.17, 15) is 0 Å². The first-order valence-electron chi connectivity index (χ1n) is 17.1. The number of hydrogen-bond donors (Lipinski definition) is 0. The molecule has 10 aromatic rings. The second-order valence-electron chi connectivity index (χ2n) is 12.7. The van der Waals surface area contributed by atoms with Gasteiger partial charge in [0.1, 0.15) is 5.52 Å². The molecule has 4 heteroatoms. The first kappa shape index (κ1) is 29.4. The van der Waals surface area contributed by atoms with E-state index in [2.05, 4.69) is 144 Å². The van der Waals surface area contributed by atoms with Crippen LogP contribution in [0.5, 0.6) is 0 Å². The van der Waals surface area contributed by atoms with Gasteiger partial charge in [-0.05, 0) is 76.5 Å². The maximum absolute atomic E-state index is 6.21. The van der Waals surface area contributed by atoms with Crippen LogP contribution in [0.1, 0.15) is 0 Å². The highest BCUT2D eigenvalue weighted by atomic mass is 32.1. The fourth-order valence-electron chi connectivity index (χ4n) is 7.26. The molecule has 8 aromatic carbocycles. The molecule has 0 aliphatic heterocycles. The first-order valence-corrected chi connectivity index (χ1v) is 17.9. The highest BCUT2D eigenvalue weighted by Gasteiger charge is 2.20. The molecular formula is C47H30N2OS. The topological polar surface area (TPSA) is 29.3 Å². The van der Waals surface area contributed by atoms with E-state index in [-0.39, 0.29) is 0 Å². The van der Waals surface area contributed by atoms with E-state index in [1.807, 2.05) is 53.8 Å². The molecule has 0 aliphatic carbocycles. The second-order valence-corrected chi connectivity index (χ2v) is 13.8. The number of aromatic nitrogens is 1. The fraction of sp³-hybridized carbons (Fsp3) is 0. The van der Waals surface area contributed by atoms with Crippen molar-refractivity contribution in [2.24, 2.45) is 0 Å². The lowest BCUT2D eigenvalue weighted by Gasteiger charge is -2.28. The molecule has 0 saturated heterocycles. The summed E-state index contributed by atoms with van der Waals surface area (Å²) in [5, 5.41) is 5.13. The molecule has 240 valence electrons. The maximum Gasteiger partial charge on any atom is 0.227 e. The van der Waals surface area contributed by atoms with E-state index in [0.717, 1.165) is 44.9 Å². The Labute approximate surface area is 299 Å². The summed E-state index contributed by atoms with van der Waals surface area (Å²) in [6, 6.07) is 64.5. The van der Waals surface area contributed by atoms with Gasteiger partial charge < -0.3 is 9.32 Å². The summed E-state index contributed by atoms with van der Waals surface area (Å²) in [5.74, 6) is 0.628. The zero-order chi connectivity index (χ0) is 33.7. The van der Waals surface area contributed by atoms with Gasteiger partial charge >= 0.3 is 0 Å². The van der Waals surface area contributed by atoms with Crippen molar-refractivity contribution in [3.05, 3.63) is 182 Å². The molecule has 0 saturated carbocycles. The van der Waals surface area contributed by atoms with Gasteiger partial charge in [0.25, 0.3) is 0 Å². The lowest BCUT2D eigenvalue weighted by molar-refractivity contribution is 0.620. The SMILES string of the molecule is c1ccc(-c2nc3c(-c4ccc(N(c5ccc6sc7c8ccccc8ccc7c6c5)c5ccccc5-c5ccccc5)cc4)cccc3o2)cc1. The van der Waals surface area contributed by atoms with E-state index in [1.54, 1.807) is 0 Å². The van der Waals surface area contributed by atoms with Gasteiger partial charge in [-0.2, -0.15) is 0 Å². The largest absolute Gasteiger partial charge is 0.436 e. The highest BCUT2D eigenvalue weighted by molar-refractivity contribution is 7.26. The minimum Gasteiger partial charge on any atom is -0.436 e. The number of benzene rings is 8. The summed E-state index contributed by atoms with van der Waals surface area (Å²) in [4.78, 5) is 7.34. The van der Waals surface area contributed by atoms with Crippen molar-refractivity contribution < 1.29 is 4.42 Å². The monoisotopic (exact) mass is 670 g/mol. The number of rotatable bonds is 6. The molecule has 0 atom stereocenters. The van der Waals surface area contributed by atoms with E-state index in [4.69, 9.17) is 9.40 Å². The average Bonchev–Trinajstić information content (AvgIpc) is 3.82. The average molecular weight is 671 g/mol. The smallest absolute Gasteiger partial charge is 0.227 e. The first-order chi connectivity index (χ1) is 25.3. The van der Waals surface area contributed by atoms with Crippen molar-refractivity contribution in [3.63, 3.8) is 0 Å². The molecule has 0 unspecified atom stereocenters. The van der Waals surface area contributed by atoms with E-state index >= 15 is 0 Å². The van der Waals surface area contributed by atoms with Crippen LogP contribution in [-0.4, -0.2) is 4.98 Å². The molecule has 2 heterocycles. The Morgan fingerprint density at radius 2 is 1.16 bits per heavy atom. The number of nitrogens with zero attached hydrogens (tertiary/aromatic N) is 2. The van der Waals surface area contributed by atoms with Gasteiger partial charge in [-0.3, -0.25) is 0 Å². The molecule has 0 spiro atoms. The van der Waals surface area contributed by atoms with Gasteiger partial charge in [0.2, 0.25) is 5.89 Å². The van der Waals surface area contributed by atoms with Crippen LogP contribution in [0.15, 0.2) is 186 Å². The Hall–Kier alpha value is -6.49. The predicted molar refractivity (Wildman–Crippen MR) is 215 cm³/mol. The van der Waals surface area contributed by atoms with Crippen molar-refractivity contribution in [2.45, 2.75) is 0 Å². The van der Waals surface area contributed by atoms with Crippen LogP contribution in [0.4, 0.5) is 17.1 Å². The second kappa shape index (κ2) is 12.1. The van der Waals surface area contributed by atoms with Crippen molar-refractivity contribution in [2.75, 3.05) is 4.90 Å². The number of thiophene rings is 1. The molecule has 0 aliphatic rings. The third-order valence-electron chi connectivity index (χ3n) is 9.71. The molecule has 0 bridgehead atoms. The predicted octanol–water partition coefficient (Wildman–Crippen LogP) is 13.8. The van der Waals surface area contributed by atoms with Crippen molar-refractivity contribution in [1.82, 2.24) is 4.98 Å². The Morgan fingerprint density at radius 1 is 0.471 bits per heavy atom. The lowest BCUT2D eigenvalue weighted by Crippen LogP contribution is -2.11. The standard InChI is InChI=1S/C47H30N2OS/c1-3-12-31(13-4-1)37-17-9-10-20-42(37)49(36-27-29-44-41(30-36)40-28-24-32-14-7-8-18-39(32)46(40)51-44)35-25-22-33(23-26-35)38-19-11-21-43-45(38)48-47(50-43)34-15-5-2-6-16-34/h1-30H. The molecule has 0 radical (unpaired) electrons. The zero-order valence-corrected chi connectivity index (χ0v) is 28.3. The van der Waals surface area contributed by atoms with Gasteiger partial charge in [-0.1, -0.05) is 127 Å². The Kier molecular flexibility index (Phi) is 7.00. The van der Waals surface area contributed by atoms with Crippen molar-refractivity contribution >= 4 is 70.4 Å². The van der Waals surface area contributed by atoms with E-state index in [0.29, 0.717) is 5.89 Å². The van der Waals surface area contributed by atoms with Gasteiger partial charge in [-0.25, -0.2) is 4.98 Å². The summed E-state index contributed by atoms with van der Waals surface area (Å²) in [7, 11) is 0. The number of hydrogen-bond acceptors (Lipinski definition) is 4. The van der Waals surface area contributed by atoms with Crippen LogP contribution in [-0.2, 0) is 0 Å². The van der Waals surface area contributed by atoms with E-state index in [1.165, 1.54) is 42.1 Å². The quantitative estimate of drug-likeness (QED) is 0.176. The van der Waals surface area contributed by atoms with Crippen LogP contribution >= 0.6 is 11.3 Å². The lowest BCUT2D eigenvalue weighted by atomic mass is 10.0. The van der Waals surface area contributed by atoms with Gasteiger partial charge in [0.05, 0.1) is 5.69 Å². The molecule has 3 nitrogen and oxygen atoms in total. The molecular weight excluding hydrogens is 641 g/mol. The molecule has 10 rings (SSSR count). The molecule has 0 amide bonds. The summed E-state index contributed by atoms with van der Waals surface area (Å²) in [6.45, 7) is 0. The Balaban J connectivity index is 1.13. The van der Waals surface area contributed by atoms with Crippen LogP contribution in [0, 0.1) is 0 Å². The summed E-state index contributed by atoms with van der Waals surface area (Å²) in [5.41, 5.74) is 10.4. The minimum atomic E-state index is 0.628. The fourth-order valence-corrected chi connectivity index (χ4v) is 8.48. The Morgan fingerprint density at radius 3 is 2.00 bits per heavy atom. The summed E-state index contributed by atoms with van der Waals surface area (Å²) in [6.07, 6.45) is 0. The third-order valence-corrected chi connectivity index (χ3v) is 10.9. The molecule has 51 heavy (non-hydrogen) atoms. The Bertz CT molecular complexity index is 2850. The maximum atomic E-state index is 6.21. The summed E-state index contributed by atoms with van der Waals surface area (Å²) < 4.78 is 8.83. The van der Waals surface area contributed by atoms with Crippen LogP contribution < -0.4 is 4.90 Å². The zero-order valence-electron chi connectivity index (χ0n) is 27.5. The van der Waals surface area contributed by atoms with Crippen molar-refractivity contribution in [3.8, 4) is 33.7 Å². The van der Waals surface area contributed by atoms with Crippen LogP contribution in [0.2, 0.25) is 0 Å². The van der Waals surface area contributed by atoms with Gasteiger partial charge in [0, 0.05) is 48.2 Å². The minimum absolute atomic E-state index is 0.628. The highest BCUT2D eigenvalue weighted by Crippen LogP contribution is 2.45. The molecule has 2 aromatic heterocycles. The van der Waals surface area contributed by atoms with Gasteiger partial charge in [-0.15, -0.1) is 11.3 Å². The number of oxazole rings is 1. The normalized spacial score (nSPS) is 11.5. The van der Waals surface area contributed by atoms with Crippen LogP contribution in [0.3, 0.4) is 0 Å². The molecule has 0 N–H and O–H groups in total. The number of anilines is 3. The van der Waals surface area contributed by atoms with E-state index < -0.39 is 0 Å². The van der Waals surface area contributed by atoms with Crippen LogP contribution in [0.25, 0.3) is 75.8 Å². The summed E-state index contributed by atoms with van der Waals surface area (Å²) >= 11 is 1.87. The molecule has 0 fully saturated rings. The van der Waals surface area contributed by atoms with Gasteiger partial charge in [0.15, 0.2) is 5.58 Å². The van der Waals surface area contributed by atoms with Crippen molar-refractivity contribution in [1.29, 1.82) is 0 Å². The number of fused-ring (bicyclic) bond motifs is 6.